The number of aromatic nitrogens is 3. The van der Waals surface area contributed by atoms with Gasteiger partial charge in [0.1, 0.15) is 5.58 Å². The summed E-state index contributed by atoms with van der Waals surface area (Å²) in [6.07, 6.45) is 0.195. The minimum absolute atomic E-state index is 0.195. The molecular weight excluding hydrogens is 420 g/mol. The van der Waals surface area contributed by atoms with Gasteiger partial charge in [0.15, 0.2) is 11.0 Å². The summed E-state index contributed by atoms with van der Waals surface area (Å²) in [7, 11) is 0. The number of nitrogens with two attached hydrogens (primary N) is 1. The van der Waals surface area contributed by atoms with E-state index in [1.807, 2.05) is 48.1 Å². The maximum atomic E-state index is 12.1. The highest BCUT2D eigenvalue weighted by molar-refractivity contribution is 7.98. The Morgan fingerprint density at radius 2 is 2.10 bits per heavy atom. The van der Waals surface area contributed by atoms with Crippen LogP contribution in [0.2, 0.25) is 0 Å². The molecule has 7 nitrogen and oxygen atoms in total. The van der Waals surface area contributed by atoms with E-state index < -0.39 is 0 Å². The minimum Gasteiger partial charge on any atom is -0.422 e. The zero-order valence-electron chi connectivity index (χ0n) is 16.5. The third-order valence-corrected chi connectivity index (χ3v) is 6.80. The molecule has 4 aromatic rings. The van der Waals surface area contributed by atoms with Gasteiger partial charge in [-0.1, -0.05) is 30.0 Å². The molecule has 0 saturated heterocycles. The van der Waals surface area contributed by atoms with E-state index in [9.17, 15) is 9.59 Å². The SMILES string of the molecule is Cc1ccc2c(CSc3nnc(-c4cccs4)n3CCC(N)=O)cc(=O)oc2c1C. The molecule has 0 saturated carbocycles. The molecule has 30 heavy (non-hydrogen) atoms. The summed E-state index contributed by atoms with van der Waals surface area (Å²) in [5, 5.41) is 12.2. The molecule has 0 spiro atoms. The molecule has 1 amide bonds. The van der Waals surface area contributed by atoms with Crippen LogP contribution in [-0.4, -0.2) is 20.7 Å². The van der Waals surface area contributed by atoms with Crippen LogP contribution in [0.3, 0.4) is 0 Å². The van der Waals surface area contributed by atoms with E-state index in [0.717, 1.165) is 27.0 Å². The van der Waals surface area contributed by atoms with Crippen molar-refractivity contribution in [2.24, 2.45) is 5.73 Å². The Balaban J connectivity index is 1.68. The summed E-state index contributed by atoms with van der Waals surface area (Å²) < 4.78 is 7.37. The molecule has 0 aliphatic rings. The molecule has 2 N–H and O–H groups in total. The highest BCUT2D eigenvalue weighted by Gasteiger charge is 2.17. The lowest BCUT2D eigenvalue weighted by Crippen LogP contribution is -2.15. The fourth-order valence-corrected chi connectivity index (χ4v) is 4.87. The molecule has 9 heteroatoms. The number of rotatable bonds is 7. The van der Waals surface area contributed by atoms with Gasteiger partial charge in [0.05, 0.1) is 4.88 Å². The molecule has 0 radical (unpaired) electrons. The van der Waals surface area contributed by atoms with Crippen molar-refractivity contribution in [2.75, 3.05) is 0 Å². The Hall–Kier alpha value is -2.91. The van der Waals surface area contributed by atoms with Crippen molar-refractivity contribution in [2.45, 2.75) is 37.7 Å². The van der Waals surface area contributed by atoms with Crippen LogP contribution in [0.15, 0.2) is 50.1 Å². The van der Waals surface area contributed by atoms with Gasteiger partial charge < -0.3 is 14.7 Å². The van der Waals surface area contributed by atoms with E-state index >= 15 is 0 Å². The number of thioether (sulfide) groups is 1. The van der Waals surface area contributed by atoms with E-state index in [-0.39, 0.29) is 18.0 Å². The van der Waals surface area contributed by atoms with Crippen LogP contribution in [-0.2, 0) is 17.1 Å². The van der Waals surface area contributed by atoms with Crippen molar-refractivity contribution in [1.29, 1.82) is 0 Å². The van der Waals surface area contributed by atoms with Crippen LogP contribution >= 0.6 is 23.1 Å². The van der Waals surface area contributed by atoms with Gasteiger partial charge in [0.2, 0.25) is 5.91 Å². The normalized spacial score (nSPS) is 11.3. The number of primary amides is 1. The second kappa shape index (κ2) is 8.45. The number of hydrogen-bond donors (Lipinski definition) is 1. The molecular formula is C21H20N4O3S2. The van der Waals surface area contributed by atoms with Gasteiger partial charge in [0, 0.05) is 30.2 Å². The number of benzene rings is 1. The number of thiophene rings is 1. The van der Waals surface area contributed by atoms with Crippen LogP contribution < -0.4 is 11.4 Å². The molecule has 154 valence electrons. The van der Waals surface area contributed by atoms with Crippen LogP contribution in [0.1, 0.15) is 23.1 Å². The van der Waals surface area contributed by atoms with Crippen molar-refractivity contribution in [3.63, 3.8) is 0 Å². The Kier molecular flexibility index (Phi) is 5.74. The summed E-state index contributed by atoms with van der Waals surface area (Å²) in [5.41, 5.74) is 8.50. The molecule has 0 aliphatic carbocycles. The van der Waals surface area contributed by atoms with Gasteiger partial charge in [-0.25, -0.2) is 4.79 Å². The lowest BCUT2D eigenvalue weighted by atomic mass is 10.0. The van der Waals surface area contributed by atoms with E-state index in [4.69, 9.17) is 10.2 Å². The molecule has 3 heterocycles. The lowest BCUT2D eigenvalue weighted by Gasteiger charge is -2.10. The van der Waals surface area contributed by atoms with Crippen LogP contribution in [0.4, 0.5) is 0 Å². The van der Waals surface area contributed by atoms with Gasteiger partial charge in [0.25, 0.3) is 0 Å². The molecule has 0 aliphatic heterocycles. The van der Waals surface area contributed by atoms with E-state index in [1.165, 1.54) is 17.8 Å². The van der Waals surface area contributed by atoms with Gasteiger partial charge in [-0.2, -0.15) is 0 Å². The van der Waals surface area contributed by atoms with Crippen molar-refractivity contribution < 1.29 is 9.21 Å². The van der Waals surface area contributed by atoms with Crippen molar-refractivity contribution in [3.8, 4) is 10.7 Å². The fraction of sp³-hybridized carbons (Fsp3) is 0.238. The van der Waals surface area contributed by atoms with Gasteiger partial charge in [-0.05, 0) is 42.0 Å². The number of hydrogen-bond acceptors (Lipinski definition) is 7. The van der Waals surface area contributed by atoms with Crippen molar-refractivity contribution >= 4 is 40.0 Å². The average Bonchev–Trinajstić information content (AvgIpc) is 3.37. The number of aryl methyl sites for hydroxylation is 2. The summed E-state index contributed by atoms with van der Waals surface area (Å²) in [6, 6.07) is 9.43. The Bertz CT molecular complexity index is 1280. The smallest absolute Gasteiger partial charge is 0.336 e. The second-order valence-corrected chi connectivity index (χ2v) is 8.81. The van der Waals surface area contributed by atoms with Crippen LogP contribution in [0.25, 0.3) is 21.7 Å². The standard InChI is InChI=1S/C21H20N4O3S2/c1-12-5-6-15-14(10-18(27)28-19(15)13(12)2)11-30-21-24-23-20(16-4-3-9-29-16)25(21)8-7-17(22)26/h3-6,9-10H,7-8,11H2,1-2H3,(H2,22,26). The number of fused-ring (bicyclic) bond motifs is 1. The highest BCUT2D eigenvalue weighted by Crippen LogP contribution is 2.31. The van der Waals surface area contributed by atoms with Gasteiger partial charge in [-0.15, -0.1) is 21.5 Å². The maximum Gasteiger partial charge on any atom is 0.336 e. The first-order valence-electron chi connectivity index (χ1n) is 9.35. The minimum atomic E-state index is -0.380. The summed E-state index contributed by atoms with van der Waals surface area (Å²) in [4.78, 5) is 24.4. The predicted octanol–water partition coefficient (Wildman–Crippen LogP) is 3.90. The van der Waals surface area contributed by atoms with E-state index in [0.29, 0.717) is 28.9 Å². The van der Waals surface area contributed by atoms with Crippen molar-refractivity contribution in [3.05, 3.63) is 62.8 Å². The molecule has 3 aromatic heterocycles. The molecule has 4 rings (SSSR count). The largest absolute Gasteiger partial charge is 0.422 e. The molecule has 0 bridgehead atoms. The molecule has 0 unspecified atom stereocenters. The second-order valence-electron chi connectivity index (χ2n) is 6.91. The zero-order chi connectivity index (χ0) is 21.3. The quantitative estimate of drug-likeness (QED) is 0.345. The topological polar surface area (TPSA) is 104 Å². The summed E-state index contributed by atoms with van der Waals surface area (Å²) in [5.74, 6) is 0.843. The predicted molar refractivity (Wildman–Crippen MR) is 119 cm³/mol. The third-order valence-electron chi connectivity index (χ3n) is 4.91. The van der Waals surface area contributed by atoms with Crippen LogP contribution in [0, 0.1) is 13.8 Å². The first kappa shape index (κ1) is 20.4. The van der Waals surface area contributed by atoms with Gasteiger partial charge in [-0.3, -0.25) is 4.79 Å². The van der Waals surface area contributed by atoms with E-state index in [1.54, 1.807) is 11.3 Å². The number of carbonyl (C=O) groups is 1. The number of nitrogens with zero attached hydrogens (tertiary/aromatic N) is 3. The Morgan fingerprint density at radius 1 is 1.27 bits per heavy atom. The Morgan fingerprint density at radius 3 is 2.83 bits per heavy atom. The zero-order valence-corrected chi connectivity index (χ0v) is 18.2. The first-order valence-corrected chi connectivity index (χ1v) is 11.2. The monoisotopic (exact) mass is 440 g/mol. The molecule has 0 fully saturated rings. The third kappa shape index (κ3) is 4.03. The number of carbonyl (C=O) groups excluding carboxylic acids is 1. The number of amides is 1. The first-order chi connectivity index (χ1) is 14.4. The van der Waals surface area contributed by atoms with E-state index in [2.05, 4.69) is 10.2 Å². The fourth-order valence-electron chi connectivity index (χ4n) is 3.19. The lowest BCUT2D eigenvalue weighted by molar-refractivity contribution is -0.118. The molecule has 0 atom stereocenters. The maximum absolute atomic E-state index is 12.1. The van der Waals surface area contributed by atoms with Gasteiger partial charge >= 0.3 is 5.63 Å². The van der Waals surface area contributed by atoms with Crippen molar-refractivity contribution in [1.82, 2.24) is 14.8 Å². The molecule has 1 aromatic carbocycles. The average molecular weight is 441 g/mol. The highest BCUT2D eigenvalue weighted by atomic mass is 32.2. The van der Waals surface area contributed by atoms with Crippen LogP contribution in [0.5, 0.6) is 0 Å². The Labute approximate surface area is 180 Å². The summed E-state index contributed by atoms with van der Waals surface area (Å²) in [6.45, 7) is 4.34. The summed E-state index contributed by atoms with van der Waals surface area (Å²) >= 11 is 3.02.